The molecule has 158 valence electrons. The Morgan fingerprint density at radius 3 is 2.39 bits per heavy atom. The zero-order valence-corrected chi connectivity index (χ0v) is 17.1. The third-order valence-corrected chi connectivity index (χ3v) is 4.96. The van der Waals surface area contributed by atoms with Gasteiger partial charge in [0.15, 0.2) is 18.1 Å². The van der Waals surface area contributed by atoms with Gasteiger partial charge in [-0.1, -0.05) is 48.5 Å². The normalized spacial score (nSPS) is 13.2. The van der Waals surface area contributed by atoms with Gasteiger partial charge in [-0.15, -0.1) is 0 Å². The van der Waals surface area contributed by atoms with E-state index in [2.05, 4.69) is 5.32 Å². The van der Waals surface area contributed by atoms with Crippen molar-refractivity contribution >= 4 is 23.2 Å². The Labute approximate surface area is 181 Å². The first-order chi connectivity index (χ1) is 15.2. The molecule has 31 heavy (non-hydrogen) atoms. The Morgan fingerprint density at radius 1 is 0.903 bits per heavy atom. The Morgan fingerprint density at radius 2 is 1.65 bits per heavy atom. The Bertz CT molecular complexity index is 1050. The molecule has 1 aliphatic heterocycles. The molecular weight excluding hydrogens is 392 g/mol. The number of carbonyl (C=O) groups is 2. The minimum Gasteiger partial charge on any atom is -0.485 e. The number of nitrogens with one attached hydrogen (secondary N) is 1. The zero-order valence-electron chi connectivity index (χ0n) is 17.1. The van der Waals surface area contributed by atoms with Gasteiger partial charge in [0.1, 0.15) is 6.61 Å². The molecule has 1 fully saturated rings. The summed E-state index contributed by atoms with van der Waals surface area (Å²) in [7, 11) is 0. The van der Waals surface area contributed by atoms with E-state index in [0.29, 0.717) is 36.8 Å². The molecule has 1 aliphatic rings. The third-order valence-electron chi connectivity index (χ3n) is 4.96. The highest BCUT2D eigenvalue weighted by Gasteiger charge is 2.21. The highest BCUT2D eigenvalue weighted by molar-refractivity contribution is 5.97. The molecule has 0 bridgehead atoms. The molecule has 6 heteroatoms. The van der Waals surface area contributed by atoms with Gasteiger partial charge in [-0.05, 0) is 42.3 Å². The van der Waals surface area contributed by atoms with Crippen LogP contribution in [0.1, 0.15) is 18.4 Å². The number of hydrogen-bond acceptors (Lipinski definition) is 4. The van der Waals surface area contributed by atoms with E-state index in [9.17, 15) is 9.59 Å². The molecular formula is C25H24N2O4. The lowest BCUT2D eigenvalue weighted by Gasteiger charge is -2.17. The number of nitrogens with zero attached hydrogens (tertiary/aromatic N) is 1. The van der Waals surface area contributed by atoms with Crippen LogP contribution in [0, 0.1) is 0 Å². The maximum absolute atomic E-state index is 12.4. The van der Waals surface area contributed by atoms with Crippen LogP contribution in [0.15, 0.2) is 78.9 Å². The average Bonchev–Trinajstić information content (AvgIpc) is 3.23. The fourth-order valence-corrected chi connectivity index (χ4v) is 3.44. The molecule has 0 unspecified atom stereocenters. The van der Waals surface area contributed by atoms with Gasteiger partial charge < -0.3 is 19.7 Å². The molecule has 4 rings (SSSR count). The number of rotatable bonds is 8. The average molecular weight is 416 g/mol. The molecule has 2 amide bonds. The number of carbonyl (C=O) groups excluding carboxylic acids is 2. The Kier molecular flexibility index (Phi) is 6.47. The monoisotopic (exact) mass is 416 g/mol. The number of anilines is 2. The predicted molar refractivity (Wildman–Crippen MR) is 119 cm³/mol. The molecule has 0 aliphatic carbocycles. The van der Waals surface area contributed by atoms with Crippen LogP contribution < -0.4 is 19.7 Å². The van der Waals surface area contributed by atoms with Crippen LogP contribution in [0.3, 0.4) is 0 Å². The lowest BCUT2D eigenvalue weighted by molar-refractivity contribution is -0.118. The van der Waals surface area contributed by atoms with Crippen molar-refractivity contribution in [1.29, 1.82) is 0 Å². The molecule has 1 heterocycles. The molecule has 1 N–H and O–H groups in total. The van der Waals surface area contributed by atoms with Crippen LogP contribution in [0.25, 0.3) is 0 Å². The molecule has 6 nitrogen and oxygen atoms in total. The van der Waals surface area contributed by atoms with Gasteiger partial charge in [-0.25, -0.2) is 0 Å². The van der Waals surface area contributed by atoms with Crippen LogP contribution in [-0.2, 0) is 16.2 Å². The highest BCUT2D eigenvalue weighted by Crippen LogP contribution is 2.28. The highest BCUT2D eigenvalue weighted by atomic mass is 16.5. The van der Waals surface area contributed by atoms with Crippen LogP contribution in [-0.4, -0.2) is 25.0 Å². The van der Waals surface area contributed by atoms with Crippen molar-refractivity contribution in [2.24, 2.45) is 0 Å². The number of hydrogen-bond donors (Lipinski definition) is 1. The minimum absolute atomic E-state index is 0.110. The van der Waals surface area contributed by atoms with Gasteiger partial charge in [0.25, 0.3) is 5.91 Å². The van der Waals surface area contributed by atoms with Gasteiger partial charge >= 0.3 is 0 Å². The SMILES string of the molecule is O=C(COc1ccccc1OCc1ccccc1)Nc1cccc(N2CCCC2=O)c1. The summed E-state index contributed by atoms with van der Waals surface area (Å²) in [6.45, 7) is 0.965. The first-order valence-electron chi connectivity index (χ1n) is 10.3. The quantitative estimate of drug-likeness (QED) is 0.591. The fourth-order valence-electron chi connectivity index (χ4n) is 3.44. The van der Waals surface area contributed by atoms with Gasteiger partial charge in [0, 0.05) is 24.3 Å². The fraction of sp³-hybridized carbons (Fsp3) is 0.200. The summed E-state index contributed by atoms with van der Waals surface area (Å²) in [5, 5.41) is 2.83. The summed E-state index contributed by atoms with van der Waals surface area (Å²) in [6.07, 6.45) is 1.42. The first-order valence-corrected chi connectivity index (χ1v) is 10.3. The van der Waals surface area contributed by atoms with E-state index in [0.717, 1.165) is 17.7 Å². The van der Waals surface area contributed by atoms with Crippen LogP contribution >= 0.6 is 0 Å². The summed E-state index contributed by atoms with van der Waals surface area (Å²) in [4.78, 5) is 26.1. The first kappa shape index (κ1) is 20.5. The molecule has 0 spiro atoms. The largest absolute Gasteiger partial charge is 0.485 e. The van der Waals surface area contributed by atoms with Crippen molar-refractivity contribution in [3.8, 4) is 11.5 Å². The van der Waals surface area contributed by atoms with E-state index in [1.807, 2.05) is 60.7 Å². The van der Waals surface area contributed by atoms with Crippen molar-refractivity contribution in [1.82, 2.24) is 0 Å². The lowest BCUT2D eigenvalue weighted by Crippen LogP contribution is -2.24. The van der Waals surface area contributed by atoms with E-state index in [1.165, 1.54) is 0 Å². The van der Waals surface area contributed by atoms with Gasteiger partial charge in [0.2, 0.25) is 5.91 Å². The van der Waals surface area contributed by atoms with E-state index in [1.54, 1.807) is 23.1 Å². The van der Waals surface area contributed by atoms with Gasteiger partial charge in [-0.2, -0.15) is 0 Å². The van der Waals surface area contributed by atoms with E-state index in [4.69, 9.17) is 9.47 Å². The second-order valence-corrected chi connectivity index (χ2v) is 7.26. The zero-order chi connectivity index (χ0) is 21.5. The van der Waals surface area contributed by atoms with E-state index >= 15 is 0 Å². The summed E-state index contributed by atoms with van der Waals surface area (Å²) in [5.41, 5.74) is 2.46. The topological polar surface area (TPSA) is 67.9 Å². The van der Waals surface area contributed by atoms with Gasteiger partial charge in [-0.3, -0.25) is 9.59 Å². The molecule has 3 aromatic rings. The Balaban J connectivity index is 1.34. The lowest BCUT2D eigenvalue weighted by atomic mass is 10.2. The standard InChI is InChI=1S/C25H24N2O4/c28-24(26-20-10-6-11-21(16-20)27-15-7-14-25(27)29)18-31-23-13-5-4-12-22(23)30-17-19-8-2-1-3-9-19/h1-6,8-13,16H,7,14-15,17-18H2,(H,26,28). The molecule has 0 atom stereocenters. The molecule has 0 aromatic heterocycles. The summed E-state index contributed by atoms with van der Waals surface area (Å²) in [5.74, 6) is 0.903. The number of amides is 2. The summed E-state index contributed by atoms with van der Waals surface area (Å²) < 4.78 is 11.6. The number of ether oxygens (including phenoxy) is 2. The maximum atomic E-state index is 12.4. The molecule has 3 aromatic carbocycles. The predicted octanol–water partition coefficient (Wildman–Crippen LogP) is 4.41. The smallest absolute Gasteiger partial charge is 0.262 e. The van der Waals surface area contributed by atoms with Gasteiger partial charge in [0.05, 0.1) is 0 Å². The molecule has 0 radical (unpaired) electrons. The third kappa shape index (κ3) is 5.42. The second-order valence-electron chi connectivity index (χ2n) is 7.26. The summed E-state index contributed by atoms with van der Waals surface area (Å²) in [6, 6.07) is 24.4. The van der Waals surface area contributed by atoms with Crippen molar-refractivity contribution in [2.75, 3.05) is 23.4 Å². The van der Waals surface area contributed by atoms with E-state index < -0.39 is 0 Å². The van der Waals surface area contributed by atoms with E-state index in [-0.39, 0.29) is 18.4 Å². The van der Waals surface area contributed by atoms with Crippen molar-refractivity contribution in [3.63, 3.8) is 0 Å². The Hall–Kier alpha value is -3.80. The minimum atomic E-state index is -0.289. The van der Waals surface area contributed by atoms with Crippen molar-refractivity contribution in [3.05, 3.63) is 84.4 Å². The van der Waals surface area contributed by atoms with Crippen LogP contribution in [0.2, 0.25) is 0 Å². The van der Waals surface area contributed by atoms with Crippen molar-refractivity contribution < 1.29 is 19.1 Å². The second kappa shape index (κ2) is 9.80. The number of benzene rings is 3. The van der Waals surface area contributed by atoms with Crippen LogP contribution in [0.5, 0.6) is 11.5 Å². The maximum Gasteiger partial charge on any atom is 0.262 e. The molecule has 0 saturated carbocycles. The summed E-state index contributed by atoms with van der Waals surface area (Å²) >= 11 is 0. The van der Waals surface area contributed by atoms with Crippen LogP contribution in [0.4, 0.5) is 11.4 Å². The van der Waals surface area contributed by atoms with Crippen molar-refractivity contribution in [2.45, 2.75) is 19.4 Å². The number of para-hydroxylation sites is 2. The molecule has 1 saturated heterocycles.